The largest absolute Gasteiger partial charge is 0.489 e. The van der Waals surface area contributed by atoms with E-state index >= 15 is 0 Å². The van der Waals surface area contributed by atoms with Gasteiger partial charge in [-0.3, -0.25) is 0 Å². The summed E-state index contributed by atoms with van der Waals surface area (Å²) in [5.41, 5.74) is 9.73. The van der Waals surface area contributed by atoms with Gasteiger partial charge in [-0.1, -0.05) is 255 Å². The average Bonchev–Trinajstić information content (AvgIpc) is 4.13. The number of benzene rings is 10. The summed E-state index contributed by atoms with van der Waals surface area (Å²) in [5.74, 6) is 3.03. The summed E-state index contributed by atoms with van der Waals surface area (Å²) in [7, 11) is -1.46. The lowest BCUT2D eigenvalue weighted by Gasteiger charge is -2.11. The summed E-state index contributed by atoms with van der Waals surface area (Å²) in [6.45, 7) is 2.00. The van der Waals surface area contributed by atoms with Crippen LogP contribution in [0.3, 0.4) is 0 Å². The first-order valence-electron chi connectivity index (χ1n) is 25.6. The van der Waals surface area contributed by atoms with Gasteiger partial charge in [-0.25, -0.2) is 19.9 Å². The highest BCUT2D eigenvalue weighted by molar-refractivity contribution is 6.62. The maximum absolute atomic E-state index is 9.13. The molecule has 80 heavy (non-hydrogen) atoms. The number of ether oxygens (including phenoxy) is 1. The SMILES string of the molecule is C.C1CCOC1.Clc1ccc(-c2nc(-c3ccccc3)nc(-c3ccc(-c4ccccc4)cc3)n2)c2ccccc12.Clc1nc(-c2ccccc2)nc(-c2ccc(-c3ccccc3)cc2)n1.OB(O)c1ccc(Cl)c2ccccc12. The van der Waals surface area contributed by atoms with Crippen LogP contribution in [-0.2, 0) is 4.74 Å². The number of nitrogens with zero attached hydrogens (tertiary/aromatic N) is 6. The Balaban J connectivity index is 0.000000149. The number of hydrogen-bond acceptors (Lipinski definition) is 9. The second-order valence-electron chi connectivity index (χ2n) is 18.2. The van der Waals surface area contributed by atoms with E-state index in [0.717, 1.165) is 73.7 Å². The van der Waals surface area contributed by atoms with Gasteiger partial charge in [0, 0.05) is 56.5 Å². The van der Waals surface area contributed by atoms with Crippen molar-refractivity contribution in [2.75, 3.05) is 13.2 Å². The summed E-state index contributed by atoms with van der Waals surface area (Å²) >= 11 is 18.6. The van der Waals surface area contributed by atoms with Crippen LogP contribution in [0.25, 0.3) is 101 Å². The molecular formula is C67H54BCl3N6O3. The van der Waals surface area contributed by atoms with Gasteiger partial charge in [-0.05, 0) is 86.5 Å². The van der Waals surface area contributed by atoms with Crippen LogP contribution >= 0.6 is 34.8 Å². The number of hydrogen-bond donors (Lipinski definition) is 2. The molecule has 10 aromatic carbocycles. The van der Waals surface area contributed by atoms with Crippen LogP contribution in [0.2, 0.25) is 15.3 Å². The number of halogens is 3. The number of aromatic nitrogens is 6. The molecule has 0 aliphatic carbocycles. The van der Waals surface area contributed by atoms with Crippen molar-refractivity contribution in [2.24, 2.45) is 0 Å². The molecule has 394 valence electrons. The van der Waals surface area contributed by atoms with E-state index in [1.165, 1.54) is 24.0 Å². The molecule has 0 spiro atoms. The smallest absolute Gasteiger partial charge is 0.423 e. The highest BCUT2D eigenvalue weighted by Gasteiger charge is 2.17. The highest BCUT2D eigenvalue weighted by atomic mass is 35.5. The molecule has 0 radical (unpaired) electrons. The third kappa shape index (κ3) is 14.0. The monoisotopic (exact) mass is 1110 g/mol. The van der Waals surface area contributed by atoms with E-state index in [-0.39, 0.29) is 12.7 Å². The fourth-order valence-electron chi connectivity index (χ4n) is 8.90. The molecule has 1 aliphatic heterocycles. The van der Waals surface area contributed by atoms with Gasteiger partial charge in [-0.15, -0.1) is 0 Å². The molecule has 9 nitrogen and oxygen atoms in total. The minimum absolute atomic E-state index is 0. The molecule has 3 heterocycles. The van der Waals surface area contributed by atoms with Crippen LogP contribution < -0.4 is 5.46 Å². The maximum atomic E-state index is 9.13. The van der Waals surface area contributed by atoms with Crippen molar-refractivity contribution >= 4 is 68.9 Å². The second-order valence-corrected chi connectivity index (χ2v) is 19.3. The molecule has 0 bridgehead atoms. The molecule has 13 rings (SSSR count). The van der Waals surface area contributed by atoms with Crippen LogP contribution in [-0.4, -0.2) is 60.3 Å². The Morgan fingerprint density at radius 2 is 0.625 bits per heavy atom. The first kappa shape index (κ1) is 56.3. The normalized spacial score (nSPS) is 11.5. The molecule has 0 amide bonds. The van der Waals surface area contributed by atoms with E-state index in [1.807, 2.05) is 164 Å². The van der Waals surface area contributed by atoms with Crippen LogP contribution in [0.5, 0.6) is 0 Å². The van der Waals surface area contributed by atoms with Crippen molar-refractivity contribution in [1.29, 1.82) is 0 Å². The van der Waals surface area contributed by atoms with Crippen molar-refractivity contribution in [2.45, 2.75) is 20.3 Å². The van der Waals surface area contributed by atoms with Gasteiger partial charge in [0.25, 0.3) is 0 Å². The third-order valence-corrected chi connectivity index (χ3v) is 13.8. The third-order valence-electron chi connectivity index (χ3n) is 12.9. The van der Waals surface area contributed by atoms with E-state index in [9.17, 15) is 0 Å². The van der Waals surface area contributed by atoms with Gasteiger partial charge in [0.05, 0.1) is 0 Å². The second kappa shape index (κ2) is 27.4. The van der Waals surface area contributed by atoms with Crippen LogP contribution in [0, 0.1) is 0 Å². The van der Waals surface area contributed by atoms with Crippen LogP contribution in [0.15, 0.2) is 243 Å². The van der Waals surface area contributed by atoms with Gasteiger partial charge in [0.2, 0.25) is 5.28 Å². The molecular weight excluding hydrogens is 1050 g/mol. The molecule has 1 aliphatic rings. The Bertz CT molecular complexity index is 3930. The van der Waals surface area contributed by atoms with E-state index in [0.29, 0.717) is 44.6 Å². The Morgan fingerprint density at radius 1 is 0.312 bits per heavy atom. The van der Waals surface area contributed by atoms with Crippen LogP contribution in [0.4, 0.5) is 0 Å². The maximum Gasteiger partial charge on any atom is 0.489 e. The number of rotatable bonds is 8. The van der Waals surface area contributed by atoms with E-state index < -0.39 is 7.12 Å². The topological polar surface area (TPSA) is 127 Å². The number of fused-ring (bicyclic) bond motifs is 2. The Labute approximate surface area is 481 Å². The first-order valence-corrected chi connectivity index (χ1v) is 26.8. The molecule has 1 saturated heterocycles. The molecule has 0 saturated carbocycles. The Kier molecular flexibility index (Phi) is 19.3. The lowest BCUT2D eigenvalue weighted by molar-refractivity contribution is 0.198. The quantitative estimate of drug-likeness (QED) is 0.143. The van der Waals surface area contributed by atoms with Gasteiger partial charge in [0.1, 0.15) is 0 Å². The fraction of sp³-hybridized carbons (Fsp3) is 0.0746. The molecule has 13 heteroatoms. The average molecular weight is 1110 g/mol. The predicted molar refractivity (Wildman–Crippen MR) is 331 cm³/mol. The molecule has 2 N–H and O–H groups in total. The van der Waals surface area contributed by atoms with Crippen LogP contribution in [0.1, 0.15) is 20.3 Å². The summed E-state index contributed by atoms with van der Waals surface area (Å²) in [6, 6.07) is 79.4. The van der Waals surface area contributed by atoms with E-state index in [4.69, 9.17) is 64.5 Å². The van der Waals surface area contributed by atoms with Crippen molar-refractivity contribution in [3.05, 3.63) is 258 Å². The standard InChI is InChI=1S/C31H20ClN3.C21H14ClN3.C10H8BClO2.C4H8O.CH4/c32-28-20-19-27(25-13-7-8-14-26(25)28)31-34-29(23-11-5-2-6-12-23)33-30(35-31)24-17-15-22(16-18-24)21-9-3-1-4-10-21;22-21-24-19(17-9-5-2-6-10-17)23-20(25-21)18-13-11-16(12-14-18)15-7-3-1-4-8-15;12-10-6-5-9(11(13)14)7-3-1-2-4-8(7)10;1-2-4-5-3-1;/h1-20H;1-14H;1-6,13-14H;1-4H2;1H4. The summed E-state index contributed by atoms with van der Waals surface area (Å²) in [6.07, 6.45) is 2.56. The lowest BCUT2D eigenvalue weighted by atomic mass is 9.77. The minimum atomic E-state index is -1.46. The fourth-order valence-corrected chi connectivity index (χ4v) is 9.52. The summed E-state index contributed by atoms with van der Waals surface area (Å²) in [4.78, 5) is 27.7. The van der Waals surface area contributed by atoms with Crippen molar-refractivity contribution in [3.63, 3.8) is 0 Å². The first-order chi connectivity index (χ1) is 38.8. The highest BCUT2D eigenvalue weighted by Crippen LogP contribution is 2.34. The van der Waals surface area contributed by atoms with Crippen molar-refractivity contribution in [1.82, 2.24) is 29.9 Å². The zero-order chi connectivity index (χ0) is 54.3. The molecule has 1 fully saturated rings. The van der Waals surface area contributed by atoms with E-state index in [2.05, 4.69) is 81.7 Å². The van der Waals surface area contributed by atoms with Gasteiger partial charge in [-0.2, -0.15) is 9.97 Å². The molecule has 0 unspecified atom stereocenters. The van der Waals surface area contributed by atoms with E-state index in [1.54, 1.807) is 12.1 Å². The van der Waals surface area contributed by atoms with Gasteiger partial charge < -0.3 is 14.8 Å². The lowest BCUT2D eigenvalue weighted by Crippen LogP contribution is -2.30. The summed E-state index contributed by atoms with van der Waals surface area (Å²) < 4.78 is 4.94. The zero-order valence-corrected chi connectivity index (χ0v) is 44.9. The Morgan fingerprint density at radius 3 is 1.04 bits per heavy atom. The van der Waals surface area contributed by atoms with Gasteiger partial charge in [0.15, 0.2) is 29.1 Å². The predicted octanol–water partition coefficient (Wildman–Crippen LogP) is 16.5. The summed E-state index contributed by atoms with van der Waals surface area (Å²) in [5, 5.41) is 23.4. The molecule has 2 aromatic heterocycles. The van der Waals surface area contributed by atoms with Crippen molar-refractivity contribution < 1.29 is 14.8 Å². The van der Waals surface area contributed by atoms with Crippen molar-refractivity contribution in [3.8, 4) is 79.2 Å². The minimum Gasteiger partial charge on any atom is -0.423 e. The molecule has 12 aromatic rings. The zero-order valence-electron chi connectivity index (χ0n) is 42.6. The van der Waals surface area contributed by atoms with Gasteiger partial charge >= 0.3 is 7.12 Å². The molecule has 0 atom stereocenters. The Hall–Kier alpha value is -8.45.